The first-order valence-corrected chi connectivity index (χ1v) is 8.69. The van der Waals surface area contributed by atoms with Crippen molar-refractivity contribution in [3.05, 3.63) is 36.7 Å². The van der Waals surface area contributed by atoms with Crippen LogP contribution >= 0.6 is 0 Å². The van der Waals surface area contributed by atoms with E-state index in [1.54, 1.807) is 13.3 Å². The highest BCUT2D eigenvalue weighted by atomic mass is 16.2. The summed E-state index contributed by atoms with van der Waals surface area (Å²) in [4.78, 5) is 28.9. The molecule has 4 rings (SSSR count). The van der Waals surface area contributed by atoms with E-state index in [1.807, 2.05) is 39.8 Å². The van der Waals surface area contributed by atoms with E-state index in [2.05, 4.69) is 19.9 Å². The van der Waals surface area contributed by atoms with Crippen molar-refractivity contribution in [1.82, 2.24) is 24.4 Å². The van der Waals surface area contributed by atoms with Crippen LogP contribution in [0.4, 0.5) is 11.8 Å². The number of hydrogen-bond acceptors (Lipinski definition) is 6. The van der Waals surface area contributed by atoms with E-state index in [4.69, 9.17) is 5.73 Å². The van der Waals surface area contributed by atoms with Crippen LogP contribution in [0.1, 0.15) is 13.3 Å². The van der Waals surface area contributed by atoms with Gasteiger partial charge in [-0.25, -0.2) is 15.0 Å². The number of amides is 1. The number of rotatable bonds is 2. The lowest BCUT2D eigenvalue weighted by atomic mass is 10.3. The molecule has 8 heteroatoms. The van der Waals surface area contributed by atoms with Gasteiger partial charge in [0.25, 0.3) is 0 Å². The van der Waals surface area contributed by atoms with E-state index in [9.17, 15) is 4.79 Å². The number of nitrogen functional groups attached to an aromatic ring is 1. The number of imidazole rings is 1. The molecule has 2 aromatic heterocycles. The minimum Gasteiger partial charge on any atom is -0.369 e. The van der Waals surface area contributed by atoms with E-state index >= 15 is 0 Å². The number of aromatic nitrogens is 4. The summed E-state index contributed by atoms with van der Waals surface area (Å²) >= 11 is 0. The fourth-order valence-corrected chi connectivity index (χ4v) is 3.38. The molecule has 1 saturated heterocycles. The molecule has 26 heavy (non-hydrogen) atoms. The highest BCUT2D eigenvalue weighted by Gasteiger charge is 2.19. The molecule has 0 radical (unpaired) electrons. The zero-order chi connectivity index (χ0) is 18.1. The Morgan fingerprint density at radius 3 is 2.73 bits per heavy atom. The van der Waals surface area contributed by atoms with E-state index in [1.165, 1.54) is 0 Å². The van der Waals surface area contributed by atoms with Gasteiger partial charge in [0.1, 0.15) is 18.0 Å². The lowest BCUT2D eigenvalue weighted by molar-refractivity contribution is -0.128. The van der Waals surface area contributed by atoms with Gasteiger partial charge in [-0.15, -0.1) is 0 Å². The molecule has 1 aliphatic rings. The maximum Gasteiger partial charge on any atom is 0.219 e. The molecule has 8 nitrogen and oxygen atoms in total. The molecule has 3 aromatic rings. The molecule has 0 atom stereocenters. The van der Waals surface area contributed by atoms with Crippen LogP contribution in [0, 0.1) is 0 Å². The number of anilines is 2. The Hall–Kier alpha value is -3.16. The van der Waals surface area contributed by atoms with Gasteiger partial charge in [-0.05, 0) is 18.6 Å². The van der Waals surface area contributed by atoms with Crippen LogP contribution < -0.4 is 10.6 Å². The second-order valence-corrected chi connectivity index (χ2v) is 6.38. The molecule has 0 saturated carbocycles. The monoisotopic (exact) mass is 351 g/mol. The summed E-state index contributed by atoms with van der Waals surface area (Å²) < 4.78 is 1.83. The quantitative estimate of drug-likeness (QED) is 0.751. The van der Waals surface area contributed by atoms with Crippen LogP contribution in [0.2, 0.25) is 0 Å². The summed E-state index contributed by atoms with van der Waals surface area (Å²) in [7, 11) is 0. The third-order valence-electron chi connectivity index (χ3n) is 4.72. The van der Waals surface area contributed by atoms with Gasteiger partial charge in [-0.1, -0.05) is 12.1 Å². The average Bonchev–Trinajstić information content (AvgIpc) is 2.81. The van der Waals surface area contributed by atoms with Crippen LogP contribution in [0.5, 0.6) is 0 Å². The zero-order valence-electron chi connectivity index (χ0n) is 14.7. The van der Waals surface area contributed by atoms with Crippen molar-refractivity contribution in [3.63, 3.8) is 0 Å². The van der Waals surface area contributed by atoms with Crippen LogP contribution in [0.25, 0.3) is 16.9 Å². The third kappa shape index (κ3) is 2.94. The summed E-state index contributed by atoms with van der Waals surface area (Å²) in [6.45, 7) is 4.69. The second kappa shape index (κ2) is 6.62. The number of para-hydroxylation sites is 2. The Morgan fingerprint density at radius 2 is 1.88 bits per heavy atom. The topological polar surface area (TPSA) is 93.2 Å². The number of nitrogens with zero attached hydrogens (tertiary/aromatic N) is 6. The number of fused-ring (bicyclic) bond motifs is 1. The molecule has 3 heterocycles. The maximum atomic E-state index is 11.6. The van der Waals surface area contributed by atoms with Gasteiger partial charge >= 0.3 is 0 Å². The Bertz CT molecular complexity index is 952. The Kier molecular flexibility index (Phi) is 4.16. The Balaban J connectivity index is 1.67. The van der Waals surface area contributed by atoms with Gasteiger partial charge in [0.15, 0.2) is 0 Å². The fraction of sp³-hybridized carbons (Fsp3) is 0.333. The molecule has 0 bridgehead atoms. The smallest absolute Gasteiger partial charge is 0.219 e. The van der Waals surface area contributed by atoms with Crippen molar-refractivity contribution in [3.8, 4) is 5.82 Å². The van der Waals surface area contributed by atoms with Gasteiger partial charge in [0, 0.05) is 39.2 Å². The lowest BCUT2D eigenvalue weighted by Crippen LogP contribution is -2.33. The van der Waals surface area contributed by atoms with E-state index < -0.39 is 0 Å². The van der Waals surface area contributed by atoms with E-state index in [0.717, 1.165) is 42.9 Å². The second-order valence-electron chi connectivity index (χ2n) is 6.38. The van der Waals surface area contributed by atoms with Crippen molar-refractivity contribution in [2.75, 3.05) is 36.8 Å². The number of nitrogens with two attached hydrogens (primary N) is 1. The van der Waals surface area contributed by atoms with Gasteiger partial charge in [-0.3, -0.25) is 9.36 Å². The Morgan fingerprint density at radius 1 is 1.08 bits per heavy atom. The van der Waals surface area contributed by atoms with Crippen LogP contribution in [-0.4, -0.2) is 56.5 Å². The number of benzene rings is 1. The Labute approximate surface area is 151 Å². The third-order valence-corrected chi connectivity index (χ3v) is 4.72. The molecule has 1 fully saturated rings. The highest BCUT2D eigenvalue weighted by Crippen LogP contribution is 2.23. The van der Waals surface area contributed by atoms with Crippen molar-refractivity contribution >= 4 is 28.7 Å². The minimum absolute atomic E-state index is 0.118. The molecule has 0 spiro atoms. The van der Waals surface area contributed by atoms with Crippen LogP contribution in [0.15, 0.2) is 36.7 Å². The van der Waals surface area contributed by atoms with Crippen LogP contribution in [0.3, 0.4) is 0 Å². The number of carbonyl (C=O) groups excluding carboxylic acids is 1. The van der Waals surface area contributed by atoms with Gasteiger partial charge in [0.2, 0.25) is 11.9 Å². The van der Waals surface area contributed by atoms with E-state index in [0.29, 0.717) is 18.3 Å². The molecular formula is C18H21N7O. The van der Waals surface area contributed by atoms with Crippen molar-refractivity contribution in [1.29, 1.82) is 0 Å². The summed E-state index contributed by atoms with van der Waals surface area (Å²) in [6, 6.07) is 9.70. The maximum absolute atomic E-state index is 11.6. The average molecular weight is 351 g/mol. The summed E-state index contributed by atoms with van der Waals surface area (Å²) in [6.07, 6.45) is 2.46. The fourth-order valence-electron chi connectivity index (χ4n) is 3.38. The van der Waals surface area contributed by atoms with Crippen molar-refractivity contribution in [2.45, 2.75) is 13.3 Å². The van der Waals surface area contributed by atoms with Gasteiger partial charge in [0.05, 0.1) is 11.0 Å². The molecule has 2 N–H and O–H groups in total. The van der Waals surface area contributed by atoms with Gasteiger partial charge in [-0.2, -0.15) is 0 Å². The predicted molar refractivity (Wildman–Crippen MR) is 100 cm³/mol. The SMILES string of the molecule is CC(=O)N1CCCN(c2cc(-n3c(N)nc4ccccc43)ncn2)CC1. The molecule has 1 amide bonds. The van der Waals surface area contributed by atoms with Crippen molar-refractivity contribution in [2.24, 2.45) is 0 Å². The highest BCUT2D eigenvalue weighted by molar-refractivity contribution is 5.80. The predicted octanol–water partition coefficient (Wildman–Crippen LogP) is 1.46. The summed E-state index contributed by atoms with van der Waals surface area (Å²) in [5.41, 5.74) is 7.87. The first kappa shape index (κ1) is 16.3. The minimum atomic E-state index is 0.118. The molecular weight excluding hydrogens is 330 g/mol. The van der Waals surface area contributed by atoms with Crippen molar-refractivity contribution < 1.29 is 4.79 Å². The zero-order valence-corrected chi connectivity index (χ0v) is 14.7. The normalized spacial score (nSPS) is 15.3. The molecule has 0 unspecified atom stereocenters. The summed E-state index contributed by atoms with van der Waals surface area (Å²) in [5.74, 6) is 2.04. The largest absolute Gasteiger partial charge is 0.369 e. The first-order valence-electron chi connectivity index (χ1n) is 8.69. The summed E-state index contributed by atoms with van der Waals surface area (Å²) in [5, 5.41) is 0. The van der Waals surface area contributed by atoms with E-state index in [-0.39, 0.29) is 5.91 Å². The molecule has 0 aliphatic carbocycles. The first-order chi connectivity index (χ1) is 12.6. The van der Waals surface area contributed by atoms with Crippen LogP contribution in [-0.2, 0) is 4.79 Å². The molecule has 134 valence electrons. The number of hydrogen-bond donors (Lipinski definition) is 1. The molecule has 1 aromatic carbocycles. The number of carbonyl (C=O) groups is 1. The lowest BCUT2D eigenvalue weighted by Gasteiger charge is -2.22. The molecule has 1 aliphatic heterocycles. The van der Waals surface area contributed by atoms with Gasteiger partial charge < -0.3 is 15.5 Å². The standard InChI is InChI=1S/C18H21N7O/c1-13(26)23-7-4-8-24(10-9-23)16-11-17(21-12-20-16)25-15-6-3-2-5-14(15)22-18(25)19/h2-3,5-6,11-12H,4,7-10H2,1H3,(H2,19,22).